The third-order valence-electron chi connectivity index (χ3n) is 3.10. The Hall–Kier alpha value is -0.850. The van der Waals surface area contributed by atoms with E-state index in [0.717, 1.165) is 44.3 Å². The Morgan fingerprint density at radius 3 is 2.79 bits per heavy atom. The normalized spacial score (nSPS) is 15.2. The lowest BCUT2D eigenvalue weighted by atomic mass is 10.3. The highest BCUT2D eigenvalue weighted by molar-refractivity contribution is 14.0. The zero-order chi connectivity index (χ0) is 12.6. The molecular formula is C14H23IN4. The molecule has 1 aromatic heterocycles. The standard InChI is InChI=1S/C14H22N4.HI/c1-2-15-14(18-11-5-6-12-18)17-10-8-13-7-3-4-9-16-13;/h3-4,7,9H,2,5-6,8,10-12H2,1H3,(H,15,17);1H. The Bertz CT molecular complexity index is 374. The van der Waals surface area contributed by atoms with E-state index in [9.17, 15) is 0 Å². The Balaban J connectivity index is 0.00000180. The second kappa shape index (κ2) is 9.12. The summed E-state index contributed by atoms with van der Waals surface area (Å²) in [7, 11) is 0. The number of nitrogens with one attached hydrogen (secondary N) is 1. The van der Waals surface area contributed by atoms with Crippen LogP contribution in [0.15, 0.2) is 29.4 Å². The molecule has 0 bridgehead atoms. The van der Waals surface area contributed by atoms with Crippen molar-refractivity contribution < 1.29 is 0 Å². The average Bonchev–Trinajstić information content (AvgIpc) is 2.93. The van der Waals surface area contributed by atoms with Crippen molar-refractivity contribution in [1.82, 2.24) is 15.2 Å². The minimum absolute atomic E-state index is 0. The number of halogens is 1. The molecule has 19 heavy (non-hydrogen) atoms. The maximum Gasteiger partial charge on any atom is 0.193 e. The van der Waals surface area contributed by atoms with E-state index in [4.69, 9.17) is 0 Å². The molecule has 2 rings (SSSR count). The smallest absolute Gasteiger partial charge is 0.193 e. The highest BCUT2D eigenvalue weighted by atomic mass is 127. The highest BCUT2D eigenvalue weighted by Crippen LogP contribution is 2.07. The molecule has 0 aliphatic carbocycles. The number of likely N-dealkylation sites (tertiary alicyclic amines) is 1. The van der Waals surface area contributed by atoms with Gasteiger partial charge < -0.3 is 10.2 Å². The zero-order valence-corrected chi connectivity index (χ0v) is 13.8. The van der Waals surface area contributed by atoms with Crippen molar-refractivity contribution in [3.63, 3.8) is 0 Å². The topological polar surface area (TPSA) is 40.5 Å². The second-order valence-electron chi connectivity index (χ2n) is 4.50. The second-order valence-corrected chi connectivity index (χ2v) is 4.50. The summed E-state index contributed by atoms with van der Waals surface area (Å²) in [5, 5.41) is 3.37. The maximum absolute atomic E-state index is 4.68. The lowest BCUT2D eigenvalue weighted by molar-refractivity contribution is 0.494. The van der Waals surface area contributed by atoms with Gasteiger partial charge in [0.2, 0.25) is 0 Å². The molecule has 5 heteroatoms. The van der Waals surface area contributed by atoms with Crippen LogP contribution in [0, 0.1) is 0 Å². The highest BCUT2D eigenvalue weighted by Gasteiger charge is 2.14. The van der Waals surface area contributed by atoms with Crippen LogP contribution in [0.25, 0.3) is 0 Å². The van der Waals surface area contributed by atoms with Crippen LogP contribution in [-0.2, 0) is 6.42 Å². The summed E-state index contributed by atoms with van der Waals surface area (Å²) in [6.07, 6.45) is 5.31. The summed E-state index contributed by atoms with van der Waals surface area (Å²) < 4.78 is 0. The summed E-state index contributed by atoms with van der Waals surface area (Å²) in [5.41, 5.74) is 1.11. The lowest BCUT2D eigenvalue weighted by Crippen LogP contribution is -2.39. The number of hydrogen-bond acceptors (Lipinski definition) is 2. The first-order chi connectivity index (χ1) is 8.90. The number of aromatic nitrogens is 1. The number of rotatable bonds is 4. The van der Waals surface area contributed by atoms with Gasteiger partial charge in [-0.25, -0.2) is 0 Å². The first-order valence-electron chi connectivity index (χ1n) is 6.83. The van der Waals surface area contributed by atoms with Crippen molar-refractivity contribution in [3.05, 3.63) is 30.1 Å². The zero-order valence-electron chi connectivity index (χ0n) is 11.5. The van der Waals surface area contributed by atoms with Gasteiger partial charge in [0.1, 0.15) is 0 Å². The van der Waals surface area contributed by atoms with Crippen LogP contribution < -0.4 is 5.32 Å². The Morgan fingerprint density at radius 1 is 1.37 bits per heavy atom. The molecule has 0 atom stereocenters. The fourth-order valence-electron chi connectivity index (χ4n) is 2.18. The molecule has 2 heterocycles. The number of nitrogens with zero attached hydrogens (tertiary/aromatic N) is 3. The predicted molar refractivity (Wildman–Crippen MR) is 90.1 cm³/mol. The largest absolute Gasteiger partial charge is 0.357 e. The third-order valence-corrected chi connectivity index (χ3v) is 3.10. The van der Waals surface area contributed by atoms with E-state index >= 15 is 0 Å². The summed E-state index contributed by atoms with van der Waals surface area (Å²) in [4.78, 5) is 11.3. The van der Waals surface area contributed by atoms with Crippen LogP contribution in [0.4, 0.5) is 0 Å². The summed E-state index contributed by atoms with van der Waals surface area (Å²) >= 11 is 0. The molecule has 0 unspecified atom stereocenters. The lowest BCUT2D eigenvalue weighted by Gasteiger charge is -2.20. The van der Waals surface area contributed by atoms with Crippen molar-refractivity contribution in [2.75, 3.05) is 26.2 Å². The summed E-state index contributed by atoms with van der Waals surface area (Å²) in [6, 6.07) is 6.02. The SMILES string of the molecule is CCNC(=NCCc1ccccn1)N1CCCC1.I. The Morgan fingerprint density at radius 2 is 2.16 bits per heavy atom. The molecule has 1 fully saturated rings. The predicted octanol–water partition coefficient (Wildman–Crippen LogP) is 2.30. The molecule has 0 aromatic carbocycles. The molecule has 0 saturated carbocycles. The van der Waals surface area contributed by atoms with E-state index in [1.54, 1.807) is 0 Å². The van der Waals surface area contributed by atoms with Crippen molar-refractivity contribution in [2.24, 2.45) is 4.99 Å². The Kier molecular flexibility index (Phi) is 7.78. The molecule has 1 N–H and O–H groups in total. The fourth-order valence-corrected chi connectivity index (χ4v) is 2.18. The number of hydrogen-bond donors (Lipinski definition) is 1. The van der Waals surface area contributed by atoms with Gasteiger partial charge in [0.05, 0.1) is 0 Å². The average molecular weight is 374 g/mol. The van der Waals surface area contributed by atoms with Crippen LogP contribution in [0.1, 0.15) is 25.5 Å². The number of guanidine groups is 1. The van der Waals surface area contributed by atoms with E-state index in [0.29, 0.717) is 0 Å². The first-order valence-corrected chi connectivity index (χ1v) is 6.83. The number of aliphatic imine (C=N–C) groups is 1. The monoisotopic (exact) mass is 374 g/mol. The molecule has 1 aliphatic heterocycles. The molecule has 4 nitrogen and oxygen atoms in total. The van der Waals surface area contributed by atoms with Crippen molar-refractivity contribution in [3.8, 4) is 0 Å². The minimum atomic E-state index is 0. The number of pyridine rings is 1. The van der Waals surface area contributed by atoms with E-state index in [1.165, 1.54) is 12.8 Å². The molecule has 0 amide bonds. The van der Waals surface area contributed by atoms with Crippen LogP contribution >= 0.6 is 24.0 Å². The van der Waals surface area contributed by atoms with E-state index in [-0.39, 0.29) is 24.0 Å². The van der Waals surface area contributed by atoms with Crippen LogP contribution in [0.3, 0.4) is 0 Å². The van der Waals surface area contributed by atoms with Crippen LogP contribution in [0.2, 0.25) is 0 Å². The van der Waals surface area contributed by atoms with Crippen LogP contribution in [0.5, 0.6) is 0 Å². The van der Waals surface area contributed by atoms with Gasteiger partial charge in [-0.2, -0.15) is 0 Å². The van der Waals surface area contributed by atoms with Gasteiger partial charge in [0.25, 0.3) is 0 Å². The van der Waals surface area contributed by atoms with Crippen molar-refractivity contribution in [1.29, 1.82) is 0 Å². The van der Waals surface area contributed by atoms with Gasteiger partial charge in [0.15, 0.2) is 5.96 Å². The molecule has 1 saturated heterocycles. The van der Waals surface area contributed by atoms with Crippen molar-refractivity contribution >= 4 is 29.9 Å². The molecule has 0 radical (unpaired) electrons. The van der Waals surface area contributed by atoms with Gasteiger partial charge >= 0.3 is 0 Å². The van der Waals surface area contributed by atoms with Gasteiger partial charge in [0, 0.05) is 44.5 Å². The molecule has 1 aliphatic rings. The maximum atomic E-state index is 4.68. The van der Waals surface area contributed by atoms with Gasteiger partial charge in [-0.1, -0.05) is 6.07 Å². The summed E-state index contributed by atoms with van der Waals surface area (Å²) in [5.74, 6) is 1.06. The van der Waals surface area contributed by atoms with Gasteiger partial charge in [-0.3, -0.25) is 9.98 Å². The summed E-state index contributed by atoms with van der Waals surface area (Å²) in [6.45, 7) is 6.12. The molecule has 106 valence electrons. The molecular weight excluding hydrogens is 351 g/mol. The minimum Gasteiger partial charge on any atom is -0.357 e. The first kappa shape index (κ1) is 16.2. The fraction of sp³-hybridized carbons (Fsp3) is 0.571. The van der Waals surface area contributed by atoms with Crippen LogP contribution in [-0.4, -0.2) is 42.0 Å². The van der Waals surface area contributed by atoms with E-state index in [2.05, 4.69) is 33.2 Å². The molecule has 0 spiro atoms. The molecule has 1 aromatic rings. The van der Waals surface area contributed by atoms with Crippen molar-refractivity contribution in [2.45, 2.75) is 26.2 Å². The third kappa shape index (κ3) is 5.34. The quantitative estimate of drug-likeness (QED) is 0.500. The van der Waals surface area contributed by atoms with E-state index < -0.39 is 0 Å². The van der Waals surface area contributed by atoms with Gasteiger partial charge in [-0.15, -0.1) is 24.0 Å². The Labute approximate surface area is 132 Å². The van der Waals surface area contributed by atoms with E-state index in [1.807, 2.05) is 18.3 Å². The van der Waals surface area contributed by atoms with Gasteiger partial charge in [-0.05, 0) is 31.9 Å².